The number of aliphatic carboxylic acids is 2. The number of hydrogen-bond acceptors (Lipinski definition) is 3. The van der Waals surface area contributed by atoms with E-state index in [1.165, 1.54) is 0 Å². The zero-order valence-corrected chi connectivity index (χ0v) is 4.44. The first kappa shape index (κ1) is 7.90. The maximum absolute atomic E-state index is 9.83. The van der Waals surface area contributed by atoms with Crippen LogP contribution in [0.5, 0.6) is 0 Å². The van der Waals surface area contributed by atoms with Crippen molar-refractivity contribution in [1.82, 2.24) is 0 Å². The summed E-state index contributed by atoms with van der Waals surface area (Å²) in [6, 6.07) is 0. The van der Waals surface area contributed by atoms with Crippen molar-refractivity contribution in [2.45, 2.75) is 0 Å². The average molecular weight is 134 g/mol. The van der Waals surface area contributed by atoms with Crippen molar-refractivity contribution in [1.29, 1.82) is 0 Å². The van der Waals surface area contributed by atoms with E-state index in [0.29, 0.717) is 0 Å². The Hall–Kier alpha value is -1.10. The van der Waals surface area contributed by atoms with Crippen LogP contribution in [0, 0.1) is 5.92 Å². The monoisotopic (exact) mass is 134 g/mol. The molecule has 0 aromatic heterocycles. The molecule has 0 amide bonds. The molecule has 0 saturated carbocycles. The van der Waals surface area contributed by atoms with Crippen molar-refractivity contribution in [3.05, 3.63) is 0 Å². The lowest BCUT2D eigenvalue weighted by Crippen LogP contribution is -2.26. The lowest BCUT2D eigenvalue weighted by molar-refractivity contribution is -0.156. The first-order valence-corrected chi connectivity index (χ1v) is 2.16. The summed E-state index contributed by atoms with van der Waals surface area (Å²) in [5, 5.41) is 24.1. The van der Waals surface area contributed by atoms with Crippen LogP contribution in [0.1, 0.15) is 0 Å². The Balaban J connectivity index is 3.99. The highest BCUT2D eigenvalue weighted by atomic mass is 16.4. The fourth-order valence-electron chi connectivity index (χ4n) is 0.262. The number of rotatable bonds is 3. The van der Waals surface area contributed by atoms with E-state index in [1.54, 1.807) is 0 Å². The highest BCUT2D eigenvalue weighted by molar-refractivity contribution is 5.92. The fourth-order valence-corrected chi connectivity index (χ4v) is 0.262. The normalized spacial score (nSPS) is 9.56. The lowest BCUT2D eigenvalue weighted by atomic mass is 10.2. The summed E-state index contributed by atoms with van der Waals surface area (Å²) in [5.74, 6) is -4.74. The predicted octanol–water partition coefficient (Wildman–Crippen LogP) is -1.24. The minimum Gasteiger partial charge on any atom is -0.481 e. The summed E-state index contributed by atoms with van der Waals surface area (Å²) in [4.78, 5) is 19.7. The number of hydrogen-bond donors (Lipinski definition) is 3. The van der Waals surface area contributed by atoms with Crippen LogP contribution in [0.3, 0.4) is 0 Å². The molecule has 3 N–H and O–H groups in total. The van der Waals surface area contributed by atoms with Gasteiger partial charge in [0.15, 0.2) is 5.92 Å². The van der Waals surface area contributed by atoms with Crippen LogP contribution in [0.4, 0.5) is 0 Å². The minimum atomic E-state index is -1.69. The van der Waals surface area contributed by atoms with Crippen LogP contribution >= 0.6 is 0 Å². The van der Waals surface area contributed by atoms with Crippen molar-refractivity contribution in [2.75, 3.05) is 6.61 Å². The van der Waals surface area contributed by atoms with Crippen LogP contribution in [-0.2, 0) is 9.59 Å². The van der Waals surface area contributed by atoms with Crippen LogP contribution < -0.4 is 0 Å². The highest BCUT2D eigenvalue weighted by Crippen LogP contribution is 1.93. The molecule has 0 radical (unpaired) electrons. The Morgan fingerprint density at radius 1 is 1.22 bits per heavy atom. The van der Waals surface area contributed by atoms with E-state index in [-0.39, 0.29) is 0 Å². The molecule has 0 heterocycles. The molecule has 9 heavy (non-hydrogen) atoms. The third-order valence-electron chi connectivity index (χ3n) is 0.779. The van der Waals surface area contributed by atoms with Crippen LogP contribution in [-0.4, -0.2) is 33.9 Å². The fraction of sp³-hybridized carbons (Fsp3) is 0.500. The van der Waals surface area contributed by atoms with Crippen molar-refractivity contribution in [3.63, 3.8) is 0 Å². The van der Waals surface area contributed by atoms with Gasteiger partial charge in [-0.1, -0.05) is 0 Å². The molecule has 0 bridgehead atoms. The molecule has 0 unspecified atom stereocenters. The van der Waals surface area contributed by atoms with E-state index in [0.717, 1.165) is 0 Å². The Labute approximate surface area is 50.5 Å². The van der Waals surface area contributed by atoms with E-state index in [9.17, 15) is 9.59 Å². The molecule has 0 aromatic carbocycles. The zero-order chi connectivity index (χ0) is 7.44. The molecule has 0 saturated heterocycles. The molecule has 0 atom stereocenters. The first-order chi connectivity index (χ1) is 4.09. The van der Waals surface area contributed by atoms with E-state index in [1.807, 2.05) is 0 Å². The van der Waals surface area contributed by atoms with Gasteiger partial charge < -0.3 is 15.3 Å². The third-order valence-corrected chi connectivity index (χ3v) is 0.779. The number of carbonyl (C=O) groups is 2. The molecule has 0 aliphatic heterocycles. The molecule has 0 spiro atoms. The maximum Gasteiger partial charge on any atom is 0.320 e. The summed E-state index contributed by atoms with van der Waals surface area (Å²) in [6.07, 6.45) is 0. The van der Waals surface area contributed by atoms with E-state index >= 15 is 0 Å². The Bertz CT molecular complexity index is 115. The van der Waals surface area contributed by atoms with E-state index in [2.05, 4.69) is 0 Å². The second kappa shape index (κ2) is 3.03. The smallest absolute Gasteiger partial charge is 0.320 e. The van der Waals surface area contributed by atoms with E-state index in [4.69, 9.17) is 15.3 Å². The topological polar surface area (TPSA) is 94.8 Å². The van der Waals surface area contributed by atoms with Gasteiger partial charge in [-0.25, -0.2) is 0 Å². The minimum absolute atomic E-state index is 0.870. The quantitative estimate of drug-likeness (QED) is 0.420. The molecule has 0 aliphatic rings. The van der Waals surface area contributed by atoms with Crippen molar-refractivity contribution >= 4 is 11.9 Å². The summed E-state index contributed by atoms with van der Waals surface area (Å²) in [6.45, 7) is -0.870. The zero-order valence-electron chi connectivity index (χ0n) is 4.44. The standard InChI is InChI=1S/C4H6O5/c5-1-2(3(6)7)4(8)9/h2,5H,1H2,(H,6,7)(H,8,9). The van der Waals surface area contributed by atoms with Crippen molar-refractivity contribution in [3.8, 4) is 0 Å². The Kier molecular flexibility index (Phi) is 2.66. The van der Waals surface area contributed by atoms with Gasteiger partial charge in [0.2, 0.25) is 0 Å². The molecule has 5 nitrogen and oxygen atoms in total. The van der Waals surface area contributed by atoms with Crippen molar-refractivity contribution in [2.24, 2.45) is 5.92 Å². The van der Waals surface area contributed by atoms with Gasteiger partial charge in [0, 0.05) is 0 Å². The molecule has 0 aliphatic carbocycles. The summed E-state index contributed by atoms with van der Waals surface area (Å²) in [7, 11) is 0. The molecular weight excluding hydrogens is 128 g/mol. The van der Waals surface area contributed by atoms with Crippen LogP contribution in [0.2, 0.25) is 0 Å². The van der Waals surface area contributed by atoms with Gasteiger partial charge in [0.25, 0.3) is 0 Å². The van der Waals surface area contributed by atoms with E-state index < -0.39 is 24.5 Å². The Morgan fingerprint density at radius 3 is 1.56 bits per heavy atom. The first-order valence-electron chi connectivity index (χ1n) is 2.16. The number of carboxylic acid groups (broad SMARTS) is 2. The van der Waals surface area contributed by atoms with Gasteiger partial charge >= 0.3 is 11.9 Å². The summed E-state index contributed by atoms with van der Waals surface area (Å²) >= 11 is 0. The molecule has 0 fully saturated rings. The third kappa shape index (κ3) is 2.09. The largest absolute Gasteiger partial charge is 0.481 e. The van der Waals surface area contributed by atoms with Gasteiger partial charge in [0.1, 0.15) is 0 Å². The van der Waals surface area contributed by atoms with Gasteiger partial charge in [-0.2, -0.15) is 0 Å². The summed E-state index contributed by atoms with van der Waals surface area (Å²) in [5.41, 5.74) is 0. The lowest BCUT2D eigenvalue weighted by Gasteiger charge is -1.99. The van der Waals surface area contributed by atoms with Gasteiger partial charge in [-0.3, -0.25) is 9.59 Å². The van der Waals surface area contributed by atoms with Gasteiger partial charge in [0.05, 0.1) is 6.61 Å². The number of aliphatic hydroxyl groups is 1. The van der Waals surface area contributed by atoms with Crippen LogP contribution in [0.15, 0.2) is 0 Å². The van der Waals surface area contributed by atoms with Gasteiger partial charge in [-0.15, -0.1) is 0 Å². The maximum atomic E-state index is 9.83. The second-order valence-corrected chi connectivity index (χ2v) is 1.41. The Morgan fingerprint density at radius 2 is 1.56 bits per heavy atom. The van der Waals surface area contributed by atoms with Gasteiger partial charge in [-0.05, 0) is 0 Å². The summed E-state index contributed by atoms with van der Waals surface area (Å²) < 4.78 is 0. The highest BCUT2D eigenvalue weighted by Gasteiger charge is 2.23. The molecule has 52 valence electrons. The van der Waals surface area contributed by atoms with Crippen LogP contribution in [0.25, 0.3) is 0 Å². The number of carboxylic acids is 2. The predicted molar refractivity (Wildman–Crippen MR) is 25.8 cm³/mol. The number of aliphatic hydroxyl groups excluding tert-OH is 1. The SMILES string of the molecule is O=C(O)C(CO)C(=O)O. The average Bonchev–Trinajstić information content (AvgIpc) is 1.64. The molecular formula is C4H6O5. The molecule has 5 heteroatoms. The van der Waals surface area contributed by atoms with Crippen molar-refractivity contribution < 1.29 is 24.9 Å². The molecule has 0 aromatic rings. The second-order valence-electron chi connectivity index (χ2n) is 1.41. The molecule has 0 rings (SSSR count).